The molecule has 0 aromatic carbocycles. The quantitative estimate of drug-likeness (QED) is 0.824. The molecule has 1 aliphatic heterocycles. The molecule has 8 heteroatoms. The summed E-state index contributed by atoms with van der Waals surface area (Å²) in [6, 6.07) is 3.73. The predicted molar refractivity (Wildman–Crippen MR) is 112 cm³/mol. The molecule has 8 nitrogen and oxygen atoms in total. The minimum atomic E-state index is -0.544. The fourth-order valence-electron chi connectivity index (χ4n) is 2.82. The maximum atomic E-state index is 12.1. The van der Waals surface area contributed by atoms with Gasteiger partial charge < -0.3 is 14.4 Å². The Morgan fingerprint density at radius 3 is 2.14 bits per heavy atom. The molecule has 2 heterocycles. The van der Waals surface area contributed by atoms with E-state index < -0.39 is 17.3 Å². The van der Waals surface area contributed by atoms with Crippen LogP contribution in [-0.4, -0.2) is 70.9 Å². The van der Waals surface area contributed by atoms with Gasteiger partial charge >= 0.3 is 12.2 Å². The molecule has 29 heavy (non-hydrogen) atoms. The van der Waals surface area contributed by atoms with E-state index in [0.29, 0.717) is 18.9 Å². The molecule has 0 spiro atoms. The third-order valence-corrected chi connectivity index (χ3v) is 4.19. The molecule has 2 amide bonds. The number of pyridine rings is 1. The molecule has 1 aromatic rings. The van der Waals surface area contributed by atoms with E-state index in [1.54, 1.807) is 17.2 Å². The lowest BCUT2D eigenvalue weighted by atomic mass is 10.2. The standard InChI is InChI=1S/C21H34N4O4/c1-20(2,3)28-18(26)23-17-8-7-16(15-22-17)9-10-24-11-13-25(14-12-24)19(27)29-21(4,5)6/h7-8,15H,9-14H2,1-6H3,(H,22,23,26). The van der Waals surface area contributed by atoms with Crippen LogP contribution >= 0.6 is 0 Å². The number of hydrogen-bond donors (Lipinski definition) is 1. The smallest absolute Gasteiger partial charge is 0.413 e. The number of nitrogens with zero attached hydrogens (tertiary/aromatic N) is 3. The van der Waals surface area contributed by atoms with E-state index in [4.69, 9.17) is 9.47 Å². The van der Waals surface area contributed by atoms with Gasteiger partial charge in [-0.05, 0) is 59.6 Å². The van der Waals surface area contributed by atoms with Crippen LogP contribution in [0.4, 0.5) is 15.4 Å². The van der Waals surface area contributed by atoms with Crippen molar-refractivity contribution in [3.63, 3.8) is 0 Å². The fourth-order valence-corrected chi connectivity index (χ4v) is 2.82. The summed E-state index contributed by atoms with van der Waals surface area (Å²) >= 11 is 0. The molecule has 1 N–H and O–H groups in total. The summed E-state index contributed by atoms with van der Waals surface area (Å²) in [6.45, 7) is 15.0. The first-order valence-electron chi connectivity index (χ1n) is 10.1. The van der Waals surface area contributed by atoms with Crippen molar-refractivity contribution in [3.8, 4) is 0 Å². The van der Waals surface area contributed by atoms with Gasteiger partial charge in [-0.3, -0.25) is 10.2 Å². The molecule has 1 aliphatic rings. The van der Waals surface area contributed by atoms with E-state index in [-0.39, 0.29) is 6.09 Å². The van der Waals surface area contributed by atoms with Gasteiger partial charge in [0.05, 0.1) is 0 Å². The normalized spacial score (nSPS) is 15.7. The Labute approximate surface area is 173 Å². The number of anilines is 1. The van der Waals surface area contributed by atoms with Crippen LogP contribution in [-0.2, 0) is 15.9 Å². The van der Waals surface area contributed by atoms with Gasteiger partial charge in [0, 0.05) is 38.9 Å². The average molecular weight is 407 g/mol. The van der Waals surface area contributed by atoms with Crippen molar-refractivity contribution in [1.82, 2.24) is 14.8 Å². The Balaban J connectivity index is 1.73. The maximum absolute atomic E-state index is 12.1. The molecule has 1 saturated heterocycles. The minimum absolute atomic E-state index is 0.241. The first-order valence-corrected chi connectivity index (χ1v) is 10.1. The Morgan fingerprint density at radius 1 is 1.00 bits per heavy atom. The van der Waals surface area contributed by atoms with Crippen molar-refractivity contribution in [3.05, 3.63) is 23.9 Å². The van der Waals surface area contributed by atoms with Crippen LogP contribution in [0.15, 0.2) is 18.3 Å². The number of aromatic nitrogens is 1. The topological polar surface area (TPSA) is 84.0 Å². The highest BCUT2D eigenvalue weighted by atomic mass is 16.6. The van der Waals surface area contributed by atoms with Crippen molar-refractivity contribution < 1.29 is 19.1 Å². The lowest BCUT2D eigenvalue weighted by molar-refractivity contribution is 0.0146. The van der Waals surface area contributed by atoms with Crippen molar-refractivity contribution in [2.75, 3.05) is 38.0 Å². The Hall–Kier alpha value is -2.35. The monoisotopic (exact) mass is 406 g/mol. The zero-order chi connectivity index (χ0) is 21.7. The van der Waals surface area contributed by atoms with Gasteiger partial charge in [0.2, 0.25) is 0 Å². The molecule has 0 unspecified atom stereocenters. The molecule has 0 atom stereocenters. The summed E-state index contributed by atoms with van der Waals surface area (Å²) < 4.78 is 10.6. The third kappa shape index (κ3) is 8.68. The number of piperazine rings is 1. The number of amides is 2. The molecular formula is C21H34N4O4. The largest absolute Gasteiger partial charge is 0.444 e. The zero-order valence-electron chi connectivity index (χ0n) is 18.4. The molecular weight excluding hydrogens is 372 g/mol. The molecule has 1 fully saturated rings. The van der Waals surface area contributed by atoms with Crippen LogP contribution in [0.1, 0.15) is 47.1 Å². The molecule has 0 aliphatic carbocycles. The number of carbonyl (C=O) groups excluding carboxylic acids is 2. The van der Waals surface area contributed by atoms with E-state index in [9.17, 15) is 9.59 Å². The second kappa shape index (κ2) is 9.43. The maximum Gasteiger partial charge on any atom is 0.413 e. The first kappa shape index (κ1) is 22.9. The second-order valence-corrected chi connectivity index (χ2v) is 9.24. The van der Waals surface area contributed by atoms with Gasteiger partial charge in [-0.25, -0.2) is 14.6 Å². The molecule has 2 rings (SSSR count). The zero-order valence-corrected chi connectivity index (χ0v) is 18.4. The van der Waals surface area contributed by atoms with E-state index in [1.807, 2.05) is 47.6 Å². The van der Waals surface area contributed by atoms with E-state index in [1.165, 1.54) is 0 Å². The molecule has 0 saturated carbocycles. The fraction of sp³-hybridized carbons (Fsp3) is 0.667. The van der Waals surface area contributed by atoms with Crippen LogP contribution in [0.3, 0.4) is 0 Å². The molecule has 162 valence electrons. The first-order chi connectivity index (χ1) is 13.4. The second-order valence-electron chi connectivity index (χ2n) is 9.24. The van der Waals surface area contributed by atoms with Gasteiger partial charge in [-0.2, -0.15) is 0 Å². The summed E-state index contributed by atoms with van der Waals surface area (Å²) in [5.41, 5.74) is 0.0813. The average Bonchev–Trinajstić information content (AvgIpc) is 2.58. The van der Waals surface area contributed by atoms with Crippen LogP contribution in [0.2, 0.25) is 0 Å². The number of carbonyl (C=O) groups is 2. The Bertz CT molecular complexity index is 684. The van der Waals surface area contributed by atoms with Gasteiger partial charge in [-0.1, -0.05) is 6.07 Å². The van der Waals surface area contributed by atoms with Crippen molar-refractivity contribution >= 4 is 18.0 Å². The van der Waals surface area contributed by atoms with Gasteiger partial charge in [0.25, 0.3) is 0 Å². The van der Waals surface area contributed by atoms with E-state index >= 15 is 0 Å². The van der Waals surface area contributed by atoms with E-state index in [2.05, 4.69) is 15.2 Å². The van der Waals surface area contributed by atoms with Gasteiger partial charge in [-0.15, -0.1) is 0 Å². The molecule has 0 bridgehead atoms. The number of rotatable bonds is 4. The molecule has 1 aromatic heterocycles. The number of nitrogens with one attached hydrogen (secondary N) is 1. The third-order valence-electron chi connectivity index (χ3n) is 4.19. The lowest BCUT2D eigenvalue weighted by Gasteiger charge is -2.35. The predicted octanol–water partition coefficient (Wildman–Crippen LogP) is 3.52. The van der Waals surface area contributed by atoms with Crippen molar-refractivity contribution in [2.45, 2.75) is 59.2 Å². The summed E-state index contributed by atoms with van der Waals surface area (Å²) in [5.74, 6) is 0.467. The summed E-state index contributed by atoms with van der Waals surface area (Å²) in [5, 5.41) is 2.63. The summed E-state index contributed by atoms with van der Waals surface area (Å²) in [4.78, 5) is 32.3. The van der Waals surface area contributed by atoms with Crippen LogP contribution in [0.25, 0.3) is 0 Å². The molecule has 0 radical (unpaired) electrons. The number of hydrogen-bond acceptors (Lipinski definition) is 6. The van der Waals surface area contributed by atoms with Crippen molar-refractivity contribution in [1.29, 1.82) is 0 Å². The lowest BCUT2D eigenvalue weighted by Crippen LogP contribution is -2.50. The highest BCUT2D eigenvalue weighted by Gasteiger charge is 2.25. The van der Waals surface area contributed by atoms with Crippen molar-refractivity contribution in [2.24, 2.45) is 0 Å². The van der Waals surface area contributed by atoms with Gasteiger partial charge in [0.15, 0.2) is 0 Å². The van der Waals surface area contributed by atoms with Gasteiger partial charge in [0.1, 0.15) is 17.0 Å². The van der Waals surface area contributed by atoms with Crippen LogP contribution in [0, 0.1) is 0 Å². The van der Waals surface area contributed by atoms with Crippen LogP contribution < -0.4 is 5.32 Å². The van der Waals surface area contributed by atoms with Crippen LogP contribution in [0.5, 0.6) is 0 Å². The SMILES string of the molecule is CC(C)(C)OC(=O)Nc1ccc(CCN2CCN(C(=O)OC(C)(C)C)CC2)cn1. The summed E-state index contributed by atoms with van der Waals surface area (Å²) in [6.07, 6.45) is 1.87. The number of ether oxygens (including phenoxy) is 2. The van der Waals surface area contributed by atoms with E-state index in [0.717, 1.165) is 31.6 Å². The minimum Gasteiger partial charge on any atom is -0.444 e. The Kier molecular flexibility index (Phi) is 7.46. The summed E-state index contributed by atoms with van der Waals surface area (Å²) in [7, 11) is 0. The highest BCUT2D eigenvalue weighted by Crippen LogP contribution is 2.13. The Morgan fingerprint density at radius 2 is 1.62 bits per heavy atom. The highest BCUT2D eigenvalue weighted by molar-refractivity contribution is 5.83.